The summed E-state index contributed by atoms with van der Waals surface area (Å²) in [7, 11) is 0. The number of nitrogens with two attached hydrogens (primary N) is 1. The summed E-state index contributed by atoms with van der Waals surface area (Å²) in [6.07, 6.45) is 4.57. The predicted molar refractivity (Wildman–Crippen MR) is 54.3 cm³/mol. The van der Waals surface area contributed by atoms with Crippen molar-refractivity contribution in [2.24, 2.45) is 5.73 Å². The molecule has 1 aromatic rings. The average Bonchev–Trinajstić information content (AvgIpc) is 2.50. The molecule has 1 rings (SSSR count). The van der Waals surface area contributed by atoms with E-state index in [4.69, 9.17) is 5.73 Å². The van der Waals surface area contributed by atoms with Gasteiger partial charge in [-0.25, -0.2) is 4.98 Å². The first-order chi connectivity index (χ1) is 6.15. The molecule has 0 bridgehead atoms. The van der Waals surface area contributed by atoms with Gasteiger partial charge in [-0.05, 0) is 13.3 Å². The van der Waals surface area contributed by atoms with Gasteiger partial charge < -0.3 is 10.3 Å². The maximum atomic E-state index is 5.92. The van der Waals surface area contributed by atoms with Gasteiger partial charge in [0.1, 0.15) is 0 Å². The fourth-order valence-electron chi connectivity index (χ4n) is 1.27. The van der Waals surface area contributed by atoms with Crippen LogP contribution in [0.4, 0.5) is 0 Å². The zero-order chi connectivity index (χ0) is 9.84. The highest BCUT2D eigenvalue weighted by Gasteiger charge is 2.08. The predicted octanol–water partition coefficient (Wildman–Crippen LogP) is 1.87. The van der Waals surface area contributed by atoms with Crippen molar-refractivity contribution in [1.82, 2.24) is 9.55 Å². The molecule has 1 atom stereocenters. The third-order valence-electron chi connectivity index (χ3n) is 2.00. The van der Waals surface area contributed by atoms with E-state index in [0.29, 0.717) is 0 Å². The lowest BCUT2D eigenvalue weighted by molar-refractivity contribution is 0.616. The van der Waals surface area contributed by atoms with Crippen molar-refractivity contribution in [3.05, 3.63) is 30.4 Å². The van der Waals surface area contributed by atoms with Crippen molar-refractivity contribution in [1.29, 1.82) is 0 Å². The molecule has 1 heterocycles. The van der Waals surface area contributed by atoms with E-state index in [9.17, 15) is 0 Å². The molecule has 0 saturated carbocycles. The molecule has 0 radical (unpaired) electrons. The normalized spacial score (nSPS) is 12.8. The molecule has 0 fully saturated rings. The first kappa shape index (κ1) is 9.99. The van der Waals surface area contributed by atoms with Crippen LogP contribution >= 0.6 is 0 Å². The first-order valence-electron chi connectivity index (χ1n) is 4.55. The van der Waals surface area contributed by atoms with Crippen molar-refractivity contribution in [3.63, 3.8) is 0 Å². The maximum absolute atomic E-state index is 5.92. The van der Waals surface area contributed by atoms with Gasteiger partial charge in [-0.15, -0.1) is 0 Å². The average molecular weight is 179 g/mol. The van der Waals surface area contributed by atoms with Crippen LogP contribution in [0.3, 0.4) is 0 Å². The van der Waals surface area contributed by atoms with Gasteiger partial charge in [0.25, 0.3) is 0 Å². The number of aromatic nitrogens is 2. The summed E-state index contributed by atoms with van der Waals surface area (Å²) in [5, 5.41) is 0. The molecule has 0 aromatic carbocycles. The molecule has 1 aromatic heterocycles. The third-order valence-corrected chi connectivity index (χ3v) is 2.00. The van der Waals surface area contributed by atoms with Gasteiger partial charge in [-0.1, -0.05) is 19.1 Å². The van der Waals surface area contributed by atoms with Crippen LogP contribution < -0.4 is 5.73 Å². The van der Waals surface area contributed by atoms with Gasteiger partial charge in [-0.2, -0.15) is 0 Å². The van der Waals surface area contributed by atoms with Gasteiger partial charge in [0.2, 0.25) is 0 Å². The topological polar surface area (TPSA) is 43.8 Å². The van der Waals surface area contributed by atoms with Gasteiger partial charge in [0, 0.05) is 18.8 Å². The molecule has 0 amide bonds. The lowest BCUT2D eigenvalue weighted by atomic mass is 10.2. The molecule has 3 nitrogen and oxygen atoms in total. The molecule has 13 heavy (non-hydrogen) atoms. The second-order valence-electron chi connectivity index (χ2n) is 3.42. The summed E-state index contributed by atoms with van der Waals surface area (Å²) in [6, 6.07) is 0.0850. The highest BCUT2D eigenvalue weighted by molar-refractivity contribution is 5.06. The Balaban J connectivity index is 2.82. The number of nitrogens with zero attached hydrogens (tertiary/aromatic N) is 2. The van der Waals surface area contributed by atoms with Gasteiger partial charge in [0.15, 0.2) is 0 Å². The van der Waals surface area contributed by atoms with Crippen molar-refractivity contribution >= 4 is 0 Å². The largest absolute Gasteiger partial charge is 0.329 e. The summed E-state index contributed by atoms with van der Waals surface area (Å²) >= 11 is 0. The second kappa shape index (κ2) is 4.23. The molecule has 0 saturated heterocycles. The van der Waals surface area contributed by atoms with Crippen LogP contribution in [0.2, 0.25) is 0 Å². The minimum Gasteiger partial charge on any atom is -0.329 e. The van der Waals surface area contributed by atoms with Crippen LogP contribution in [-0.2, 0) is 6.54 Å². The van der Waals surface area contributed by atoms with Crippen LogP contribution in [0.1, 0.15) is 32.0 Å². The van der Waals surface area contributed by atoms with E-state index in [1.54, 1.807) is 6.33 Å². The summed E-state index contributed by atoms with van der Waals surface area (Å²) < 4.78 is 2.05. The standard InChI is InChI=1S/C10H17N3/c1-4-9(11)10-5-12-7-13(10)6-8(2)3/h5,7,9H,2,4,6,11H2,1,3H3/t9-/m1/s1. The SMILES string of the molecule is C=C(C)Cn1cncc1[C@H](N)CC. The minimum absolute atomic E-state index is 0.0850. The van der Waals surface area contributed by atoms with Crippen LogP contribution in [0.15, 0.2) is 24.7 Å². The highest BCUT2D eigenvalue weighted by atomic mass is 15.1. The van der Waals surface area contributed by atoms with E-state index in [1.165, 1.54) is 0 Å². The Labute approximate surface area is 79.3 Å². The van der Waals surface area contributed by atoms with Crippen LogP contribution in [0.5, 0.6) is 0 Å². The number of imidazole rings is 1. The smallest absolute Gasteiger partial charge is 0.0951 e. The molecule has 0 aliphatic heterocycles. The fourth-order valence-corrected chi connectivity index (χ4v) is 1.27. The van der Waals surface area contributed by atoms with E-state index in [0.717, 1.165) is 24.2 Å². The van der Waals surface area contributed by atoms with Crippen molar-refractivity contribution < 1.29 is 0 Å². The molecule has 72 valence electrons. The van der Waals surface area contributed by atoms with E-state index in [-0.39, 0.29) is 6.04 Å². The number of hydrogen-bond donors (Lipinski definition) is 1. The van der Waals surface area contributed by atoms with Crippen LogP contribution in [0.25, 0.3) is 0 Å². The van der Waals surface area contributed by atoms with Crippen LogP contribution in [-0.4, -0.2) is 9.55 Å². The summed E-state index contributed by atoms with van der Waals surface area (Å²) in [5.74, 6) is 0. The third kappa shape index (κ3) is 2.42. The molecule has 3 heteroatoms. The van der Waals surface area contributed by atoms with Crippen molar-refractivity contribution in [2.45, 2.75) is 32.9 Å². The maximum Gasteiger partial charge on any atom is 0.0951 e. The highest BCUT2D eigenvalue weighted by Crippen LogP contribution is 2.13. The number of rotatable bonds is 4. The number of hydrogen-bond acceptors (Lipinski definition) is 2. The molecule has 0 aliphatic carbocycles. The monoisotopic (exact) mass is 179 g/mol. The fraction of sp³-hybridized carbons (Fsp3) is 0.500. The minimum atomic E-state index is 0.0850. The Morgan fingerprint density at radius 1 is 1.77 bits per heavy atom. The van der Waals surface area contributed by atoms with Gasteiger partial charge in [-0.3, -0.25) is 0 Å². The molecule has 0 spiro atoms. The van der Waals surface area contributed by atoms with E-state index in [1.807, 2.05) is 13.1 Å². The van der Waals surface area contributed by atoms with Gasteiger partial charge in [0.05, 0.1) is 12.0 Å². The number of allylic oxidation sites excluding steroid dienone is 1. The summed E-state index contributed by atoms with van der Waals surface area (Å²) in [5.41, 5.74) is 8.13. The van der Waals surface area contributed by atoms with E-state index < -0.39 is 0 Å². The Kier molecular flexibility index (Phi) is 3.25. The molecule has 0 aliphatic rings. The molecular formula is C10H17N3. The van der Waals surface area contributed by atoms with E-state index in [2.05, 4.69) is 23.1 Å². The van der Waals surface area contributed by atoms with Crippen molar-refractivity contribution in [2.75, 3.05) is 0 Å². The lowest BCUT2D eigenvalue weighted by Crippen LogP contribution is -2.14. The van der Waals surface area contributed by atoms with Crippen LogP contribution in [0, 0.1) is 0 Å². The summed E-state index contributed by atoms with van der Waals surface area (Å²) in [6.45, 7) is 8.75. The summed E-state index contributed by atoms with van der Waals surface area (Å²) in [4.78, 5) is 4.09. The zero-order valence-electron chi connectivity index (χ0n) is 8.33. The van der Waals surface area contributed by atoms with Gasteiger partial charge >= 0.3 is 0 Å². The zero-order valence-corrected chi connectivity index (χ0v) is 8.33. The van der Waals surface area contributed by atoms with Crippen molar-refractivity contribution in [3.8, 4) is 0 Å². The molecule has 2 N–H and O–H groups in total. The quantitative estimate of drug-likeness (QED) is 0.717. The Bertz CT molecular complexity index is 288. The molecule has 0 unspecified atom stereocenters. The van der Waals surface area contributed by atoms with E-state index >= 15 is 0 Å². The Morgan fingerprint density at radius 2 is 2.46 bits per heavy atom. The Morgan fingerprint density at radius 3 is 3.00 bits per heavy atom. The Hall–Kier alpha value is -1.09. The lowest BCUT2D eigenvalue weighted by Gasteiger charge is -2.12. The molecular weight excluding hydrogens is 162 g/mol. The first-order valence-corrected chi connectivity index (χ1v) is 4.55. The second-order valence-corrected chi connectivity index (χ2v) is 3.42.